The van der Waals surface area contributed by atoms with Gasteiger partial charge >= 0.3 is 0 Å². The zero-order valence-electron chi connectivity index (χ0n) is 14.5. The van der Waals surface area contributed by atoms with Gasteiger partial charge in [0.2, 0.25) is 0 Å². The van der Waals surface area contributed by atoms with Gasteiger partial charge in [0.05, 0.1) is 21.9 Å². The van der Waals surface area contributed by atoms with Crippen molar-refractivity contribution in [3.8, 4) is 11.3 Å². The van der Waals surface area contributed by atoms with Gasteiger partial charge in [-0.1, -0.05) is 43.4 Å². The third-order valence-electron chi connectivity index (χ3n) is 4.83. The number of amides is 1. The quantitative estimate of drug-likeness (QED) is 0.818. The molecule has 1 aromatic heterocycles. The van der Waals surface area contributed by atoms with Crippen LogP contribution in [0, 0.1) is 0 Å². The molecule has 134 valence electrons. The Kier molecular flexibility index (Phi) is 5.45. The molecule has 0 saturated heterocycles. The standard InChI is InChI=1S/C19H24ClN3O2/c1-23-11-8-17(22-23)14-6-7-16(20)15(12-14)18(24)21-13-19(25)9-4-2-3-5-10-19/h6-8,11-12,25H,2-5,9-10,13H2,1H3,(H,21,24). The molecule has 1 heterocycles. The molecule has 0 aliphatic heterocycles. The van der Waals surface area contributed by atoms with Gasteiger partial charge in [0.15, 0.2) is 0 Å². The van der Waals surface area contributed by atoms with Crippen LogP contribution in [-0.2, 0) is 7.05 Å². The van der Waals surface area contributed by atoms with Crippen molar-refractivity contribution in [2.24, 2.45) is 7.05 Å². The van der Waals surface area contributed by atoms with E-state index in [1.165, 1.54) is 0 Å². The SMILES string of the molecule is Cn1ccc(-c2ccc(Cl)c(C(=O)NCC3(O)CCCCCC3)c2)n1. The van der Waals surface area contributed by atoms with Crippen molar-refractivity contribution in [1.29, 1.82) is 0 Å². The van der Waals surface area contributed by atoms with Crippen molar-refractivity contribution in [2.75, 3.05) is 6.54 Å². The summed E-state index contributed by atoms with van der Waals surface area (Å²) < 4.78 is 1.71. The Morgan fingerprint density at radius 3 is 2.64 bits per heavy atom. The number of aryl methyl sites for hydroxylation is 1. The molecular weight excluding hydrogens is 338 g/mol. The normalized spacial score (nSPS) is 17.1. The fourth-order valence-electron chi connectivity index (χ4n) is 3.33. The summed E-state index contributed by atoms with van der Waals surface area (Å²) in [6.45, 7) is 0.260. The number of halogens is 1. The molecule has 1 aromatic carbocycles. The fourth-order valence-corrected chi connectivity index (χ4v) is 3.53. The summed E-state index contributed by atoms with van der Waals surface area (Å²) in [6.07, 6.45) is 7.61. The van der Waals surface area contributed by atoms with Crippen LogP contribution in [0.5, 0.6) is 0 Å². The van der Waals surface area contributed by atoms with E-state index >= 15 is 0 Å². The predicted octanol–water partition coefficient (Wildman–Crippen LogP) is 3.56. The van der Waals surface area contributed by atoms with Crippen LogP contribution in [0.1, 0.15) is 48.9 Å². The van der Waals surface area contributed by atoms with Gasteiger partial charge in [-0.2, -0.15) is 5.10 Å². The average molecular weight is 362 g/mol. The van der Waals surface area contributed by atoms with Crippen molar-refractivity contribution in [3.05, 3.63) is 41.0 Å². The second-order valence-corrected chi connectivity index (χ2v) is 7.30. The first kappa shape index (κ1) is 18.0. The first-order chi connectivity index (χ1) is 12.0. The first-order valence-corrected chi connectivity index (χ1v) is 9.15. The maximum atomic E-state index is 12.6. The number of nitrogens with zero attached hydrogens (tertiary/aromatic N) is 2. The lowest BCUT2D eigenvalue weighted by atomic mass is 9.94. The minimum Gasteiger partial charge on any atom is -0.388 e. The molecule has 0 radical (unpaired) electrons. The van der Waals surface area contributed by atoms with E-state index in [9.17, 15) is 9.90 Å². The van der Waals surface area contributed by atoms with E-state index in [2.05, 4.69) is 10.4 Å². The van der Waals surface area contributed by atoms with E-state index in [0.29, 0.717) is 10.6 Å². The third kappa shape index (κ3) is 4.41. The second-order valence-electron chi connectivity index (χ2n) is 6.89. The highest BCUT2D eigenvalue weighted by Gasteiger charge is 2.28. The number of carbonyl (C=O) groups is 1. The molecule has 2 aromatic rings. The Balaban J connectivity index is 1.73. The van der Waals surface area contributed by atoms with Gasteiger partial charge in [0.25, 0.3) is 5.91 Å². The number of aliphatic hydroxyl groups is 1. The van der Waals surface area contributed by atoms with Crippen LogP contribution in [0.4, 0.5) is 0 Å². The molecule has 5 nitrogen and oxygen atoms in total. The van der Waals surface area contributed by atoms with Gasteiger partial charge in [-0.3, -0.25) is 9.48 Å². The van der Waals surface area contributed by atoms with Gasteiger partial charge in [-0.25, -0.2) is 0 Å². The van der Waals surface area contributed by atoms with Crippen molar-refractivity contribution in [1.82, 2.24) is 15.1 Å². The minimum absolute atomic E-state index is 0.260. The monoisotopic (exact) mass is 361 g/mol. The molecule has 1 saturated carbocycles. The third-order valence-corrected chi connectivity index (χ3v) is 5.16. The molecule has 1 fully saturated rings. The van der Waals surface area contributed by atoms with Crippen molar-refractivity contribution >= 4 is 17.5 Å². The molecule has 6 heteroatoms. The largest absolute Gasteiger partial charge is 0.388 e. The Bertz CT molecular complexity index is 749. The van der Waals surface area contributed by atoms with E-state index in [4.69, 9.17) is 11.6 Å². The average Bonchev–Trinajstić information content (AvgIpc) is 2.91. The Hall–Kier alpha value is -1.85. The van der Waals surface area contributed by atoms with Gasteiger partial charge < -0.3 is 10.4 Å². The molecule has 3 rings (SSSR count). The van der Waals surface area contributed by atoms with Gasteiger partial charge in [0.1, 0.15) is 0 Å². The molecule has 0 atom stereocenters. The van der Waals surface area contributed by atoms with E-state index in [1.54, 1.807) is 16.8 Å². The second kappa shape index (κ2) is 7.58. The highest BCUT2D eigenvalue weighted by atomic mass is 35.5. The number of benzene rings is 1. The summed E-state index contributed by atoms with van der Waals surface area (Å²) >= 11 is 6.22. The summed E-state index contributed by atoms with van der Waals surface area (Å²) in [6, 6.07) is 7.19. The molecule has 0 unspecified atom stereocenters. The maximum Gasteiger partial charge on any atom is 0.252 e. The van der Waals surface area contributed by atoms with Crippen LogP contribution >= 0.6 is 11.6 Å². The molecular formula is C19H24ClN3O2. The van der Waals surface area contributed by atoms with Crippen LogP contribution < -0.4 is 5.32 Å². The van der Waals surface area contributed by atoms with Crippen LogP contribution in [-0.4, -0.2) is 32.9 Å². The Morgan fingerprint density at radius 2 is 2.00 bits per heavy atom. The van der Waals surface area contributed by atoms with Crippen LogP contribution in [0.2, 0.25) is 5.02 Å². The Morgan fingerprint density at radius 1 is 1.28 bits per heavy atom. The van der Waals surface area contributed by atoms with Gasteiger partial charge in [0, 0.05) is 25.4 Å². The molecule has 2 N–H and O–H groups in total. The van der Waals surface area contributed by atoms with Gasteiger partial charge in [-0.15, -0.1) is 0 Å². The number of nitrogens with one attached hydrogen (secondary N) is 1. The summed E-state index contributed by atoms with van der Waals surface area (Å²) in [5, 5.41) is 18.3. The van der Waals surface area contributed by atoms with Gasteiger partial charge in [-0.05, 0) is 31.0 Å². The van der Waals surface area contributed by atoms with Crippen LogP contribution in [0.15, 0.2) is 30.5 Å². The fraction of sp³-hybridized carbons (Fsp3) is 0.474. The molecule has 1 aliphatic carbocycles. The number of carbonyl (C=O) groups excluding carboxylic acids is 1. The Labute approximate surface area is 153 Å². The predicted molar refractivity (Wildman–Crippen MR) is 98.6 cm³/mol. The minimum atomic E-state index is -0.808. The number of aromatic nitrogens is 2. The molecule has 1 amide bonds. The lowest BCUT2D eigenvalue weighted by Crippen LogP contribution is -2.42. The smallest absolute Gasteiger partial charge is 0.252 e. The van der Waals surface area contributed by atoms with E-state index in [0.717, 1.165) is 49.8 Å². The molecule has 25 heavy (non-hydrogen) atoms. The van der Waals surface area contributed by atoms with Crippen molar-refractivity contribution < 1.29 is 9.90 Å². The zero-order valence-corrected chi connectivity index (χ0v) is 15.2. The highest BCUT2D eigenvalue weighted by Crippen LogP contribution is 2.27. The van der Waals surface area contributed by atoms with E-state index in [-0.39, 0.29) is 12.5 Å². The summed E-state index contributed by atoms with van der Waals surface area (Å²) in [5.41, 5.74) is 1.22. The lowest BCUT2D eigenvalue weighted by molar-refractivity contribution is 0.0246. The van der Waals surface area contributed by atoms with E-state index < -0.39 is 5.60 Å². The summed E-state index contributed by atoms with van der Waals surface area (Å²) in [7, 11) is 1.85. The van der Waals surface area contributed by atoms with Crippen molar-refractivity contribution in [2.45, 2.75) is 44.1 Å². The van der Waals surface area contributed by atoms with E-state index in [1.807, 2.05) is 25.4 Å². The maximum absolute atomic E-state index is 12.6. The lowest BCUT2D eigenvalue weighted by Gasteiger charge is -2.26. The highest BCUT2D eigenvalue weighted by molar-refractivity contribution is 6.34. The molecule has 0 bridgehead atoms. The summed E-state index contributed by atoms with van der Waals surface area (Å²) in [4.78, 5) is 12.6. The summed E-state index contributed by atoms with van der Waals surface area (Å²) in [5.74, 6) is -0.263. The first-order valence-electron chi connectivity index (χ1n) is 8.77. The van der Waals surface area contributed by atoms with Crippen LogP contribution in [0.3, 0.4) is 0 Å². The number of rotatable bonds is 4. The number of hydrogen-bond acceptors (Lipinski definition) is 3. The molecule has 0 spiro atoms. The molecule has 1 aliphatic rings. The van der Waals surface area contributed by atoms with Crippen LogP contribution in [0.25, 0.3) is 11.3 Å². The van der Waals surface area contributed by atoms with Crippen molar-refractivity contribution in [3.63, 3.8) is 0 Å². The zero-order chi connectivity index (χ0) is 17.9. The number of hydrogen-bond donors (Lipinski definition) is 2. The topological polar surface area (TPSA) is 67.2 Å².